The molecule has 1 aliphatic carbocycles. The third-order valence-electron chi connectivity index (χ3n) is 2.18. The van der Waals surface area contributed by atoms with Crippen LogP contribution < -0.4 is 5.73 Å². The Bertz CT molecular complexity index is 360. The van der Waals surface area contributed by atoms with Gasteiger partial charge in [-0.15, -0.1) is 0 Å². The van der Waals surface area contributed by atoms with E-state index in [1.165, 1.54) is 0 Å². The van der Waals surface area contributed by atoms with Crippen molar-refractivity contribution in [1.82, 2.24) is 0 Å². The Morgan fingerprint density at radius 1 is 1.33 bits per heavy atom. The molecule has 0 unspecified atom stereocenters. The van der Waals surface area contributed by atoms with Gasteiger partial charge in [0.2, 0.25) is 0 Å². The monoisotopic (exact) mass is 181 g/mol. The summed E-state index contributed by atoms with van der Waals surface area (Å²) in [7, 11) is 0. The van der Waals surface area contributed by atoms with Gasteiger partial charge < -0.3 is 5.73 Å². The molecule has 1 aromatic carbocycles. The fourth-order valence-corrected chi connectivity index (χ4v) is 1.85. The van der Waals surface area contributed by atoms with Gasteiger partial charge in [0.15, 0.2) is 5.78 Å². The fraction of sp³-hybridized carbons (Fsp3) is 0.222. The van der Waals surface area contributed by atoms with Crippen LogP contribution in [0.4, 0.5) is 5.69 Å². The maximum atomic E-state index is 11.3. The van der Waals surface area contributed by atoms with Crippen LogP contribution in [0.5, 0.6) is 0 Å². The van der Waals surface area contributed by atoms with E-state index < -0.39 is 0 Å². The smallest absolute Gasteiger partial charge is 0.165 e. The van der Waals surface area contributed by atoms with Gasteiger partial charge in [0.1, 0.15) is 0 Å². The minimum atomic E-state index is 0.113. The molecule has 0 saturated heterocycles. The zero-order valence-electron chi connectivity index (χ0n) is 6.43. The molecule has 1 aliphatic rings. The van der Waals surface area contributed by atoms with Gasteiger partial charge >= 0.3 is 0 Å². The van der Waals surface area contributed by atoms with Gasteiger partial charge in [-0.05, 0) is 24.1 Å². The highest BCUT2D eigenvalue weighted by atomic mass is 35.5. The summed E-state index contributed by atoms with van der Waals surface area (Å²) in [5.41, 5.74) is 7.93. The summed E-state index contributed by atoms with van der Waals surface area (Å²) in [5, 5.41) is 0.529. The van der Waals surface area contributed by atoms with Gasteiger partial charge in [-0.25, -0.2) is 0 Å². The SMILES string of the molecule is Nc1ccc(Cl)c2c1CCC2=O. The van der Waals surface area contributed by atoms with Crippen molar-refractivity contribution in [3.05, 3.63) is 28.3 Å². The molecule has 0 amide bonds. The van der Waals surface area contributed by atoms with Crippen LogP contribution in [0.25, 0.3) is 0 Å². The number of nitrogen functional groups attached to an aromatic ring is 1. The Morgan fingerprint density at radius 3 is 2.75 bits per heavy atom. The number of halogens is 1. The molecule has 0 saturated carbocycles. The molecule has 0 aromatic heterocycles. The number of Topliss-reactive ketones (excluding diaryl/α,β-unsaturated/α-hetero) is 1. The summed E-state index contributed by atoms with van der Waals surface area (Å²) in [6, 6.07) is 3.43. The average molecular weight is 182 g/mol. The van der Waals surface area contributed by atoms with E-state index in [1.54, 1.807) is 12.1 Å². The standard InChI is InChI=1S/C9H8ClNO/c10-6-2-3-7(11)5-1-4-8(12)9(5)6/h2-3H,1,4,11H2. The highest BCUT2D eigenvalue weighted by Gasteiger charge is 2.23. The maximum Gasteiger partial charge on any atom is 0.165 e. The molecule has 0 aliphatic heterocycles. The number of fused-ring (bicyclic) bond motifs is 1. The lowest BCUT2D eigenvalue weighted by Gasteiger charge is -2.03. The third kappa shape index (κ3) is 0.916. The lowest BCUT2D eigenvalue weighted by Crippen LogP contribution is -1.96. The van der Waals surface area contributed by atoms with Crippen LogP contribution in [-0.4, -0.2) is 5.78 Å². The number of rotatable bonds is 0. The van der Waals surface area contributed by atoms with E-state index in [-0.39, 0.29) is 5.78 Å². The van der Waals surface area contributed by atoms with Crippen LogP contribution in [0.3, 0.4) is 0 Å². The number of benzene rings is 1. The van der Waals surface area contributed by atoms with Crippen molar-refractivity contribution in [2.75, 3.05) is 5.73 Å². The van der Waals surface area contributed by atoms with E-state index in [2.05, 4.69) is 0 Å². The van der Waals surface area contributed by atoms with Crippen LogP contribution in [0.1, 0.15) is 22.3 Å². The molecule has 3 heteroatoms. The fourth-order valence-electron chi connectivity index (χ4n) is 1.57. The van der Waals surface area contributed by atoms with E-state index in [0.29, 0.717) is 22.7 Å². The number of carbonyl (C=O) groups is 1. The van der Waals surface area contributed by atoms with E-state index >= 15 is 0 Å². The normalized spacial score (nSPS) is 14.9. The highest BCUT2D eigenvalue weighted by molar-refractivity contribution is 6.34. The first kappa shape index (κ1) is 7.62. The molecule has 2 N–H and O–H groups in total. The average Bonchev–Trinajstić information content (AvgIpc) is 2.42. The molecule has 1 aromatic rings. The number of hydrogen-bond acceptors (Lipinski definition) is 2. The van der Waals surface area contributed by atoms with E-state index in [4.69, 9.17) is 17.3 Å². The summed E-state index contributed by atoms with van der Waals surface area (Å²) in [6.07, 6.45) is 1.28. The number of carbonyl (C=O) groups excluding carboxylic acids is 1. The van der Waals surface area contributed by atoms with Crippen molar-refractivity contribution in [3.8, 4) is 0 Å². The Labute approximate surface area is 75.3 Å². The first-order valence-corrected chi connectivity index (χ1v) is 4.18. The molecule has 0 spiro atoms. The topological polar surface area (TPSA) is 43.1 Å². The van der Waals surface area contributed by atoms with Crippen molar-refractivity contribution in [1.29, 1.82) is 0 Å². The summed E-state index contributed by atoms with van der Waals surface area (Å²) in [6.45, 7) is 0. The van der Waals surface area contributed by atoms with Crippen molar-refractivity contribution in [2.24, 2.45) is 0 Å². The minimum absolute atomic E-state index is 0.113. The van der Waals surface area contributed by atoms with Crippen LogP contribution >= 0.6 is 11.6 Å². The van der Waals surface area contributed by atoms with Crippen LogP contribution in [-0.2, 0) is 6.42 Å². The first-order chi connectivity index (χ1) is 5.70. The zero-order chi connectivity index (χ0) is 8.72. The van der Waals surface area contributed by atoms with Crippen LogP contribution in [0, 0.1) is 0 Å². The molecule has 0 bridgehead atoms. The molecule has 12 heavy (non-hydrogen) atoms. The molecule has 0 radical (unpaired) electrons. The second-order valence-corrected chi connectivity index (χ2v) is 3.32. The molecule has 62 valence electrons. The number of ketones is 1. The van der Waals surface area contributed by atoms with Gasteiger partial charge in [0.25, 0.3) is 0 Å². The molecule has 0 atom stereocenters. The molecule has 0 heterocycles. The first-order valence-electron chi connectivity index (χ1n) is 3.80. The second-order valence-electron chi connectivity index (χ2n) is 2.91. The number of nitrogens with two attached hydrogens (primary N) is 1. The molecule has 2 rings (SSSR count). The molecular formula is C9H8ClNO. The van der Waals surface area contributed by atoms with Gasteiger partial charge in [-0.1, -0.05) is 11.6 Å². The lowest BCUT2D eigenvalue weighted by molar-refractivity contribution is 0.0994. The number of hydrogen-bond donors (Lipinski definition) is 1. The van der Waals surface area contributed by atoms with Crippen molar-refractivity contribution in [2.45, 2.75) is 12.8 Å². The summed E-state index contributed by atoms with van der Waals surface area (Å²) in [4.78, 5) is 11.3. The van der Waals surface area contributed by atoms with Crippen molar-refractivity contribution >= 4 is 23.1 Å². The van der Waals surface area contributed by atoms with Crippen LogP contribution in [0.2, 0.25) is 5.02 Å². The summed E-state index contributed by atoms with van der Waals surface area (Å²) < 4.78 is 0. The van der Waals surface area contributed by atoms with E-state index in [9.17, 15) is 4.79 Å². The summed E-state index contributed by atoms with van der Waals surface area (Å²) >= 11 is 5.86. The molecule has 2 nitrogen and oxygen atoms in total. The highest BCUT2D eigenvalue weighted by Crippen LogP contribution is 2.32. The van der Waals surface area contributed by atoms with E-state index in [1.807, 2.05) is 0 Å². The van der Waals surface area contributed by atoms with Crippen molar-refractivity contribution < 1.29 is 4.79 Å². The van der Waals surface area contributed by atoms with Crippen LogP contribution in [0.15, 0.2) is 12.1 Å². The third-order valence-corrected chi connectivity index (χ3v) is 2.49. The van der Waals surface area contributed by atoms with Gasteiger partial charge in [0.05, 0.1) is 5.02 Å². The quantitative estimate of drug-likeness (QED) is 0.623. The number of anilines is 1. The predicted octanol–water partition coefficient (Wildman–Crippen LogP) is 2.05. The second kappa shape index (κ2) is 2.49. The van der Waals surface area contributed by atoms with Crippen molar-refractivity contribution in [3.63, 3.8) is 0 Å². The largest absolute Gasteiger partial charge is 0.398 e. The lowest BCUT2D eigenvalue weighted by atomic mass is 10.1. The molecule has 0 fully saturated rings. The Morgan fingerprint density at radius 2 is 2.08 bits per heavy atom. The minimum Gasteiger partial charge on any atom is -0.398 e. The zero-order valence-corrected chi connectivity index (χ0v) is 7.19. The Hall–Kier alpha value is -1.02. The Balaban J connectivity index is 2.72. The maximum absolute atomic E-state index is 11.3. The van der Waals surface area contributed by atoms with Gasteiger partial charge in [-0.3, -0.25) is 4.79 Å². The van der Waals surface area contributed by atoms with Gasteiger partial charge in [-0.2, -0.15) is 0 Å². The Kier molecular flexibility index (Phi) is 1.58. The molecular weight excluding hydrogens is 174 g/mol. The predicted molar refractivity (Wildman–Crippen MR) is 48.5 cm³/mol. The summed E-state index contributed by atoms with van der Waals surface area (Å²) in [5.74, 6) is 0.113. The van der Waals surface area contributed by atoms with E-state index in [0.717, 1.165) is 12.0 Å². The van der Waals surface area contributed by atoms with Gasteiger partial charge in [0, 0.05) is 17.7 Å².